The van der Waals surface area contributed by atoms with E-state index in [0.29, 0.717) is 5.92 Å². The highest BCUT2D eigenvalue weighted by Gasteiger charge is 2.33. The van der Waals surface area contributed by atoms with Gasteiger partial charge in [0.05, 0.1) is 5.69 Å². The zero-order chi connectivity index (χ0) is 14.3. The van der Waals surface area contributed by atoms with Gasteiger partial charge in [-0.05, 0) is 38.5 Å². The van der Waals surface area contributed by atoms with E-state index in [2.05, 4.69) is 47.8 Å². The molecular weight excluding hydrogens is 248 g/mol. The number of nitrogens with zero attached hydrogens (tertiary/aromatic N) is 3. The van der Waals surface area contributed by atoms with Crippen molar-refractivity contribution in [1.82, 2.24) is 15.1 Å². The molecule has 112 valence electrons. The van der Waals surface area contributed by atoms with Gasteiger partial charge in [0.15, 0.2) is 0 Å². The molecule has 0 radical (unpaired) electrons. The van der Waals surface area contributed by atoms with Crippen LogP contribution in [-0.4, -0.2) is 28.4 Å². The molecular formula is C16H28N4. The molecule has 0 amide bonds. The minimum atomic E-state index is 0.690. The highest BCUT2D eigenvalue weighted by atomic mass is 15.4. The van der Waals surface area contributed by atoms with E-state index >= 15 is 0 Å². The minimum absolute atomic E-state index is 0.690. The number of hydrogen-bond acceptors (Lipinski definition) is 3. The molecule has 20 heavy (non-hydrogen) atoms. The third-order valence-electron chi connectivity index (χ3n) is 4.28. The maximum absolute atomic E-state index is 4.68. The molecule has 0 unspecified atom stereocenters. The van der Waals surface area contributed by atoms with Crippen molar-refractivity contribution in [2.45, 2.75) is 65.1 Å². The summed E-state index contributed by atoms with van der Waals surface area (Å²) in [5, 5.41) is 8.34. The van der Waals surface area contributed by atoms with Crippen LogP contribution in [0.15, 0.2) is 0 Å². The van der Waals surface area contributed by atoms with E-state index in [-0.39, 0.29) is 0 Å². The second kappa shape index (κ2) is 5.40. The second-order valence-corrected chi connectivity index (χ2v) is 6.94. The van der Waals surface area contributed by atoms with Crippen molar-refractivity contribution in [2.75, 3.05) is 11.4 Å². The van der Waals surface area contributed by atoms with Crippen molar-refractivity contribution in [3.05, 3.63) is 11.3 Å². The normalized spacial score (nSPS) is 18.9. The van der Waals surface area contributed by atoms with Gasteiger partial charge in [0.25, 0.3) is 0 Å². The fourth-order valence-corrected chi connectivity index (χ4v) is 2.98. The fraction of sp³-hybridized carbons (Fsp3) is 0.812. The maximum atomic E-state index is 4.68. The summed E-state index contributed by atoms with van der Waals surface area (Å²) >= 11 is 0. The molecule has 4 nitrogen and oxygen atoms in total. The van der Waals surface area contributed by atoms with E-state index in [1.807, 2.05) is 0 Å². The molecule has 2 aliphatic rings. The van der Waals surface area contributed by atoms with Crippen molar-refractivity contribution < 1.29 is 0 Å². The zero-order valence-corrected chi connectivity index (χ0v) is 13.3. The molecule has 2 aliphatic carbocycles. The van der Waals surface area contributed by atoms with Gasteiger partial charge in [-0.25, -0.2) is 0 Å². The number of aromatic nitrogens is 2. The Hall–Kier alpha value is -1.03. The lowest BCUT2D eigenvalue weighted by Crippen LogP contribution is -2.33. The van der Waals surface area contributed by atoms with E-state index in [0.717, 1.165) is 25.2 Å². The molecule has 1 heterocycles. The first-order valence-corrected chi connectivity index (χ1v) is 8.08. The van der Waals surface area contributed by atoms with Crippen LogP contribution in [0.1, 0.15) is 50.8 Å². The first-order chi connectivity index (χ1) is 9.56. The summed E-state index contributed by atoms with van der Waals surface area (Å²) in [4.78, 5) is 2.61. The summed E-state index contributed by atoms with van der Waals surface area (Å²) in [6.45, 7) is 8.87. The van der Waals surface area contributed by atoms with Crippen LogP contribution < -0.4 is 10.2 Å². The van der Waals surface area contributed by atoms with Crippen LogP contribution in [0.2, 0.25) is 0 Å². The van der Waals surface area contributed by atoms with Gasteiger partial charge in [0.2, 0.25) is 0 Å². The van der Waals surface area contributed by atoms with E-state index in [1.54, 1.807) is 0 Å². The Morgan fingerprint density at radius 3 is 2.55 bits per heavy atom. The van der Waals surface area contributed by atoms with E-state index in [4.69, 9.17) is 0 Å². The number of anilines is 1. The lowest BCUT2D eigenvalue weighted by molar-refractivity contribution is 0.584. The molecule has 0 spiro atoms. The van der Waals surface area contributed by atoms with Crippen molar-refractivity contribution in [3.8, 4) is 0 Å². The molecule has 0 bridgehead atoms. The molecule has 1 aromatic heterocycles. The Bertz CT molecular complexity index is 469. The molecule has 0 aliphatic heterocycles. The topological polar surface area (TPSA) is 33.1 Å². The van der Waals surface area contributed by atoms with E-state index < -0.39 is 0 Å². The van der Waals surface area contributed by atoms with Crippen LogP contribution in [0.4, 0.5) is 5.82 Å². The average molecular weight is 276 g/mol. The lowest BCUT2D eigenvalue weighted by atomic mass is 10.1. The molecule has 1 aromatic rings. The van der Waals surface area contributed by atoms with Crippen LogP contribution >= 0.6 is 0 Å². The first-order valence-electron chi connectivity index (χ1n) is 8.08. The molecule has 0 saturated heterocycles. The van der Waals surface area contributed by atoms with Crippen molar-refractivity contribution in [1.29, 1.82) is 0 Å². The number of aryl methyl sites for hydroxylation is 2. The van der Waals surface area contributed by atoms with Gasteiger partial charge in [0, 0.05) is 37.8 Å². The molecule has 1 N–H and O–H groups in total. The van der Waals surface area contributed by atoms with Crippen LogP contribution in [0.25, 0.3) is 0 Å². The fourth-order valence-electron chi connectivity index (χ4n) is 2.98. The van der Waals surface area contributed by atoms with Gasteiger partial charge < -0.3 is 10.2 Å². The van der Waals surface area contributed by atoms with Crippen LogP contribution in [0.5, 0.6) is 0 Å². The third-order valence-corrected chi connectivity index (χ3v) is 4.28. The van der Waals surface area contributed by atoms with Crippen molar-refractivity contribution >= 4 is 5.82 Å². The van der Waals surface area contributed by atoms with Gasteiger partial charge in [-0.15, -0.1) is 0 Å². The summed E-state index contributed by atoms with van der Waals surface area (Å²) in [7, 11) is 2.10. The van der Waals surface area contributed by atoms with Gasteiger partial charge in [-0.2, -0.15) is 5.10 Å². The monoisotopic (exact) mass is 276 g/mol. The maximum Gasteiger partial charge on any atom is 0.131 e. The summed E-state index contributed by atoms with van der Waals surface area (Å²) in [6, 6.07) is 1.49. The third kappa shape index (κ3) is 3.00. The average Bonchev–Trinajstić information content (AvgIpc) is 3.25. The van der Waals surface area contributed by atoms with E-state index in [1.165, 1.54) is 42.8 Å². The standard InChI is InChI=1S/C16H28N4/c1-11(2)10-20(14-7-8-14)16-15(9-17-13-5-6-13)12(3)18-19(16)4/h11,13-14,17H,5-10H2,1-4H3. The van der Waals surface area contributed by atoms with Crippen molar-refractivity contribution in [3.63, 3.8) is 0 Å². The quantitative estimate of drug-likeness (QED) is 0.831. The van der Waals surface area contributed by atoms with E-state index in [9.17, 15) is 0 Å². The zero-order valence-electron chi connectivity index (χ0n) is 13.3. The SMILES string of the molecule is Cc1nn(C)c(N(CC(C)C)C2CC2)c1CNC1CC1. The number of hydrogen-bond donors (Lipinski definition) is 1. The Morgan fingerprint density at radius 2 is 2.00 bits per heavy atom. The van der Waals surface area contributed by atoms with Crippen LogP contribution in [-0.2, 0) is 13.6 Å². The molecule has 3 rings (SSSR count). The van der Waals surface area contributed by atoms with Crippen molar-refractivity contribution in [2.24, 2.45) is 13.0 Å². The molecule has 4 heteroatoms. The lowest BCUT2D eigenvalue weighted by Gasteiger charge is -2.28. The number of nitrogens with one attached hydrogen (secondary N) is 1. The molecule has 2 saturated carbocycles. The summed E-state index contributed by atoms with van der Waals surface area (Å²) < 4.78 is 2.10. The summed E-state index contributed by atoms with van der Waals surface area (Å²) in [5.74, 6) is 2.04. The highest BCUT2D eigenvalue weighted by molar-refractivity contribution is 5.52. The Balaban J connectivity index is 1.84. The first kappa shape index (κ1) is 13.9. The highest BCUT2D eigenvalue weighted by Crippen LogP contribution is 2.35. The van der Waals surface area contributed by atoms with Crippen LogP contribution in [0, 0.1) is 12.8 Å². The number of rotatable bonds is 7. The molecule has 0 aromatic carbocycles. The van der Waals surface area contributed by atoms with Gasteiger partial charge in [0.1, 0.15) is 5.82 Å². The Kier molecular flexibility index (Phi) is 3.76. The summed E-state index contributed by atoms with van der Waals surface area (Å²) in [6.07, 6.45) is 5.36. The van der Waals surface area contributed by atoms with Gasteiger partial charge in [-0.3, -0.25) is 4.68 Å². The Morgan fingerprint density at radius 1 is 1.30 bits per heavy atom. The predicted octanol–water partition coefficient (Wildman–Crippen LogP) is 2.61. The van der Waals surface area contributed by atoms with Gasteiger partial charge in [-0.1, -0.05) is 13.8 Å². The molecule has 0 atom stereocenters. The minimum Gasteiger partial charge on any atom is -0.353 e. The summed E-state index contributed by atoms with van der Waals surface area (Å²) in [5.41, 5.74) is 2.59. The Labute approximate surface area is 122 Å². The van der Waals surface area contributed by atoms with Gasteiger partial charge >= 0.3 is 0 Å². The predicted molar refractivity (Wildman–Crippen MR) is 83.0 cm³/mol. The molecule has 2 fully saturated rings. The van der Waals surface area contributed by atoms with Crippen LogP contribution in [0.3, 0.4) is 0 Å². The smallest absolute Gasteiger partial charge is 0.131 e. The second-order valence-electron chi connectivity index (χ2n) is 6.94. The largest absolute Gasteiger partial charge is 0.353 e.